The van der Waals surface area contributed by atoms with Crippen molar-refractivity contribution in [2.45, 2.75) is 45.6 Å². The van der Waals surface area contributed by atoms with Crippen molar-refractivity contribution in [1.29, 1.82) is 0 Å². The Bertz CT molecular complexity index is 1120. The van der Waals surface area contributed by atoms with Gasteiger partial charge in [0.15, 0.2) is 11.6 Å². The van der Waals surface area contributed by atoms with Gasteiger partial charge in [-0.15, -0.1) is 10.2 Å². The van der Waals surface area contributed by atoms with Gasteiger partial charge in [-0.3, -0.25) is 4.79 Å². The molecule has 1 aliphatic heterocycles. The van der Waals surface area contributed by atoms with Crippen molar-refractivity contribution in [2.24, 2.45) is 0 Å². The monoisotopic (exact) mass is 443 g/mol. The number of likely N-dealkylation sites (tertiary alicyclic amines) is 1. The first-order valence-corrected chi connectivity index (χ1v) is 10.3. The van der Waals surface area contributed by atoms with Gasteiger partial charge >= 0.3 is 0 Å². The zero-order chi connectivity index (χ0) is 22.7. The topological polar surface area (TPSA) is 103 Å². The van der Waals surface area contributed by atoms with Crippen molar-refractivity contribution in [2.75, 3.05) is 13.1 Å². The molecule has 1 amide bonds. The third-order valence-electron chi connectivity index (χ3n) is 5.40. The molecule has 2 aromatic heterocycles. The minimum Gasteiger partial charge on any atom is -0.340 e. The largest absolute Gasteiger partial charge is 0.340 e. The normalized spacial score (nSPS) is 15.2. The third-order valence-corrected chi connectivity index (χ3v) is 5.40. The third kappa shape index (κ3) is 5.04. The Labute approximate surface area is 183 Å². The van der Waals surface area contributed by atoms with E-state index in [1.54, 1.807) is 30.9 Å². The number of aryl methyl sites for hydroxylation is 2. The number of rotatable bonds is 6. The molecule has 11 heteroatoms. The Balaban J connectivity index is 1.44. The predicted molar refractivity (Wildman–Crippen MR) is 110 cm³/mol. The van der Waals surface area contributed by atoms with Crippen LogP contribution in [0.15, 0.2) is 28.8 Å². The first-order chi connectivity index (χ1) is 15.4. The molecule has 0 saturated carbocycles. The number of carbonyl (C=O) groups excluding carboxylic acids is 1. The molecule has 0 spiro atoms. The van der Waals surface area contributed by atoms with E-state index in [0.717, 1.165) is 12.8 Å². The van der Waals surface area contributed by atoms with Gasteiger partial charge < -0.3 is 9.42 Å². The van der Waals surface area contributed by atoms with E-state index in [4.69, 9.17) is 4.52 Å². The summed E-state index contributed by atoms with van der Waals surface area (Å²) < 4.78 is 31.4. The van der Waals surface area contributed by atoms with Crippen LogP contribution in [0.1, 0.15) is 59.4 Å². The van der Waals surface area contributed by atoms with Gasteiger partial charge in [-0.05, 0) is 48.2 Å². The number of alkyl halides is 2. The summed E-state index contributed by atoms with van der Waals surface area (Å²) in [6.45, 7) is 4.79. The molecule has 3 heterocycles. The van der Waals surface area contributed by atoms with Crippen molar-refractivity contribution in [3.63, 3.8) is 0 Å². The highest BCUT2D eigenvalue weighted by Crippen LogP contribution is 2.26. The maximum Gasteiger partial charge on any atom is 0.263 e. The summed E-state index contributed by atoms with van der Waals surface area (Å²) >= 11 is 0. The second-order valence-electron chi connectivity index (χ2n) is 7.73. The molecule has 0 radical (unpaired) electrons. The molecule has 0 N–H and O–H groups in total. The average molecular weight is 443 g/mol. The number of piperidine rings is 1. The number of amides is 1. The Morgan fingerprint density at radius 2 is 2.06 bits per heavy atom. The van der Waals surface area contributed by atoms with Crippen LogP contribution in [-0.2, 0) is 11.3 Å². The number of tetrazole rings is 1. The number of aromatic nitrogens is 6. The fourth-order valence-corrected chi connectivity index (χ4v) is 3.71. The molecule has 4 rings (SSSR count). The van der Waals surface area contributed by atoms with E-state index in [-0.39, 0.29) is 23.9 Å². The molecule has 168 valence electrons. The molecule has 0 atom stereocenters. The highest BCUT2D eigenvalue weighted by atomic mass is 19.3. The van der Waals surface area contributed by atoms with E-state index in [1.807, 2.05) is 0 Å². The van der Waals surface area contributed by atoms with Gasteiger partial charge in [-0.2, -0.15) is 9.78 Å². The lowest BCUT2D eigenvalue weighted by Gasteiger charge is -2.29. The first kappa shape index (κ1) is 21.7. The van der Waals surface area contributed by atoms with E-state index >= 15 is 0 Å². The summed E-state index contributed by atoms with van der Waals surface area (Å²) in [5, 5.41) is 15.8. The van der Waals surface area contributed by atoms with Crippen LogP contribution in [-0.4, -0.2) is 54.2 Å². The first-order valence-electron chi connectivity index (χ1n) is 10.3. The predicted octanol–water partition coefficient (Wildman–Crippen LogP) is 3.08. The van der Waals surface area contributed by atoms with Gasteiger partial charge in [-0.25, -0.2) is 8.78 Å². The number of hydrogen-bond acceptors (Lipinski definition) is 7. The van der Waals surface area contributed by atoms with Crippen LogP contribution < -0.4 is 0 Å². The highest BCUT2D eigenvalue weighted by molar-refractivity contribution is 5.92. The highest BCUT2D eigenvalue weighted by Gasteiger charge is 2.25. The molecule has 1 aliphatic rings. The smallest absolute Gasteiger partial charge is 0.263 e. The van der Waals surface area contributed by atoms with E-state index in [2.05, 4.69) is 25.6 Å². The average Bonchev–Trinajstić information content (AvgIpc) is 3.40. The Kier molecular flexibility index (Phi) is 6.33. The number of nitrogens with zero attached hydrogens (tertiary/aromatic N) is 7. The standard InChI is InChI=1S/C21H23F2N7O2/c1-13-25-28-30(26-13)12-18-11-17(20(22)23)4-3-15(18)5-6-19(31)29-9-7-16(8-10-29)21-24-14(2)32-27-21/h3-6,11,16,20H,7-10,12H2,1-2H3/b6-5+. The zero-order valence-electron chi connectivity index (χ0n) is 17.8. The Morgan fingerprint density at radius 1 is 1.28 bits per heavy atom. The van der Waals surface area contributed by atoms with Crippen LogP contribution in [0.5, 0.6) is 0 Å². The fourth-order valence-electron chi connectivity index (χ4n) is 3.71. The molecule has 9 nitrogen and oxygen atoms in total. The van der Waals surface area contributed by atoms with E-state index in [1.165, 1.54) is 23.0 Å². The Hall–Kier alpha value is -3.50. The number of benzene rings is 1. The van der Waals surface area contributed by atoms with E-state index in [9.17, 15) is 13.6 Å². The summed E-state index contributed by atoms with van der Waals surface area (Å²) in [5.41, 5.74) is 1.13. The van der Waals surface area contributed by atoms with Crippen molar-refractivity contribution in [3.8, 4) is 0 Å². The lowest BCUT2D eigenvalue weighted by atomic mass is 9.96. The fraction of sp³-hybridized carbons (Fsp3) is 0.429. The minimum absolute atomic E-state index is 0.0981. The second kappa shape index (κ2) is 9.33. The second-order valence-corrected chi connectivity index (χ2v) is 7.73. The lowest BCUT2D eigenvalue weighted by Crippen LogP contribution is -2.37. The van der Waals surface area contributed by atoms with Crippen molar-refractivity contribution in [1.82, 2.24) is 35.2 Å². The van der Waals surface area contributed by atoms with Crippen LogP contribution in [0.4, 0.5) is 8.78 Å². The SMILES string of the molecule is Cc1nnn(Cc2cc(C(F)F)ccc2/C=C/C(=O)N2CCC(c3noc(C)n3)CC2)n1. The maximum absolute atomic E-state index is 13.2. The minimum atomic E-state index is -2.59. The van der Waals surface area contributed by atoms with Gasteiger partial charge in [0.1, 0.15) is 0 Å². The summed E-state index contributed by atoms with van der Waals surface area (Å²) in [7, 11) is 0. The van der Waals surface area contributed by atoms with E-state index in [0.29, 0.717) is 41.8 Å². The van der Waals surface area contributed by atoms with Crippen molar-refractivity contribution < 1.29 is 18.1 Å². The summed E-state index contributed by atoms with van der Waals surface area (Å²) in [6, 6.07) is 4.35. The van der Waals surface area contributed by atoms with Crippen molar-refractivity contribution >= 4 is 12.0 Å². The van der Waals surface area contributed by atoms with Crippen LogP contribution in [0, 0.1) is 13.8 Å². The number of carbonyl (C=O) groups is 1. The van der Waals surface area contributed by atoms with E-state index < -0.39 is 6.43 Å². The van der Waals surface area contributed by atoms with Gasteiger partial charge in [0.2, 0.25) is 11.8 Å². The summed E-state index contributed by atoms with van der Waals surface area (Å²) in [5.74, 6) is 1.75. The van der Waals surface area contributed by atoms with Crippen LogP contribution in [0.2, 0.25) is 0 Å². The van der Waals surface area contributed by atoms with Crippen molar-refractivity contribution in [3.05, 3.63) is 58.5 Å². The quantitative estimate of drug-likeness (QED) is 0.540. The van der Waals surface area contributed by atoms with Gasteiger partial charge in [-0.1, -0.05) is 17.3 Å². The molecule has 1 fully saturated rings. The molecule has 1 aromatic carbocycles. The van der Waals surface area contributed by atoms with Gasteiger partial charge in [0.25, 0.3) is 6.43 Å². The van der Waals surface area contributed by atoms with Crippen LogP contribution in [0.25, 0.3) is 6.08 Å². The number of hydrogen-bond donors (Lipinski definition) is 0. The maximum atomic E-state index is 13.2. The summed E-state index contributed by atoms with van der Waals surface area (Å²) in [6.07, 6.45) is 2.03. The van der Waals surface area contributed by atoms with Gasteiger partial charge in [0.05, 0.1) is 6.54 Å². The van der Waals surface area contributed by atoms with Crippen LogP contribution >= 0.6 is 0 Å². The molecule has 0 unspecified atom stereocenters. The summed E-state index contributed by atoms with van der Waals surface area (Å²) in [4.78, 5) is 20.1. The Morgan fingerprint density at radius 3 is 2.69 bits per heavy atom. The molecule has 0 aliphatic carbocycles. The lowest BCUT2D eigenvalue weighted by molar-refractivity contribution is -0.127. The molecule has 1 saturated heterocycles. The van der Waals surface area contributed by atoms with Crippen LogP contribution in [0.3, 0.4) is 0 Å². The zero-order valence-corrected chi connectivity index (χ0v) is 17.8. The molecule has 3 aromatic rings. The number of halogens is 2. The molecular formula is C21H23F2N7O2. The van der Waals surface area contributed by atoms with Gasteiger partial charge in [0, 0.05) is 37.6 Å². The molecule has 32 heavy (non-hydrogen) atoms. The molecule has 0 bridgehead atoms. The molecular weight excluding hydrogens is 420 g/mol.